The van der Waals surface area contributed by atoms with Crippen molar-refractivity contribution in [1.82, 2.24) is 14.5 Å². The molecule has 3 heterocycles. The average molecular weight is 465 g/mol. The van der Waals surface area contributed by atoms with Crippen molar-refractivity contribution in [1.29, 1.82) is 0 Å². The standard InChI is InChI=1S/C25H28N4O3S/c1-5-7-11-29-23(31)18-9-8-17(13-20(18)24(29)32)22(30)27-25-26-21(14-33-25)19-12-15(3)28(10-6-2)16(19)4/h8-9,12-14H,5-7,10-11H2,1-4H3,(H,26,27,30). The van der Waals surface area contributed by atoms with Gasteiger partial charge in [-0.25, -0.2) is 4.98 Å². The molecule has 2 aromatic heterocycles. The van der Waals surface area contributed by atoms with Gasteiger partial charge in [-0.1, -0.05) is 20.3 Å². The average Bonchev–Trinajstić information content (AvgIpc) is 3.44. The van der Waals surface area contributed by atoms with E-state index in [1.807, 2.05) is 12.3 Å². The Kier molecular flexibility index (Phi) is 6.47. The summed E-state index contributed by atoms with van der Waals surface area (Å²) in [4.78, 5) is 43.9. The van der Waals surface area contributed by atoms with Gasteiger partial charge in [0.1, 0.15) is 0 Å². The summed E-state index contributed by atoms with van der Waals surface area (Å²) in [6, 6.07) is 6.77. The molecule has 0 saturated heterocycles. The molecule has 3 aromatic rings. The number of nitrogens with zero attached hydrogens (tertiary/aromatic N) is 3. The van der Waals surface area contributed by atoms with Gasteiger partial charge in [0.2, 0.25) is 0 Å². The highest BCUT2D eigenvalue weighted by molar-refractivity contribution is 7.14. The molecule has 0 aliphatic carbocycles. The summed E-state index contributed by atoms with van der Waals surface area (Å²) in [5.74, 6) is -0.986. The van der Waals surface area contributed by atoms with Crippen LogP contribution in [0.3, 0.4) is 0 Å². The molecular weight excluding hydrogens is 436 g/mol. The lowest BCUT2D eigenvalue weighted by molar-refractivity contribution is 0.0652. The maximum atomic E-state index is 12.9. The van der Waals surface area contributed by atoms with Gasteiger partial charge in [0, 0.05) is 41.0 Å². The zero-order chi connectivity index (χ0) is 23.7. The maximum absolute atomic E-state index is 12.9. The summed E-state index contributed by atoms with van der Waals surface area (Å²) in [6.07, 6.45) is 2.70. The number of rotatable bonds is 8. The number of imide groups is 1. The predicted molar refractivity (Wildman–Crippen MR) is 130 cm³/mol. The highest BCUT2D eigenvalue weighted by atomic mass is 32.1. The first-order valence-electron chi connectivity index (χ1n) is 11.3. The molecule has 0 atom stereocenters. The quantitative estimate of drug-likeness (QED) is 0.459. The molecule has 4 rings (SSSR count). The van der Waals surface area contributed by atoms with Crippen molar-refractivity contribution in [2.75, 3.05) is 11.9 Å². The first kappa shape index (κ1) is 22.9. The number of unbranched alkanes of at least 4 members (excludes halogenated alkanes) is 1. The van der Waals surface area contributed by atoms with E-state index >= 15 is 0 Å². The van der Waals surface area contributed by atoms with E-state index in [4.69, 9.17) is 0 Å². The number of aromatic nitrogens is 2. The molecule has 7 nitrogen and oxygen atoms in total. The van der Waals surface area contributed by atoms with Crippen LogP contribution in [0, 0.1) is 13.8 Å². The van der Waals surface area contributed by atoms with Crippen molar-refractivity contribution >= 4 is 34.2 Å². The molecule has 0 unspecified atom stereocenters. The Balaban J connectivity index is 1.52. The smallest absolute Gasteiger partial charge is 0.261 e. The van der Waals surface area contributed by atoms with E-state index < -0.39 is 0 Å². The summed E-state index contributed by atoms with van der Waals surface area (Å²) in [7, 11) is 0. The van der Waals surface area contributed by atoms with Gasteiger partial charge in [0.05, 0.1) is 16.8 Å². The SMILES string of the molecule is CCCCN1C(=O)c2ccc(C(=O)Nc3nc(-c4cc(C)n(CCC)c4C)cs3)cc2C1=O. The van der Waals surface area contributed by atoms with E-state index in [9.17, 15) is 14.4 Å². The van der Waals surface area contributed by atoms with Gasteiger partial charge in [-0.05, 0) is 51.0 Å². The van der Waals surface area contributed by atoms with Gasteiger partial charge in [-0.3, -0.25) is 24.6 Å². The van der Waals surface area contributed by atoms with Gasteiger partial charge < -0.3 is 4.57 Å². The fraction of sp³-hybridized carbons (Fsp3) is 0.360. The van der Waals surface area contributed by atoms with E-state index in [1.165, 1.54) is 28.0 Å². The van der Waals surface area contributed by atoms with Crippen molar-refractivity contribution in [3.8, 4) is 11.3 Å². The Bertz CT molecular complexity index is 1240. The summed E-state index contributed by atoms with van der Waals surface area (Å²) in [6.45, 7) is 9.69. The molecule has 33 heavy (non-hydrogen) atoms. The Morgan fingerprint density at radius 3 is 2.48 bits per heavy atom. The van der Waals surface area contributed by atoms with Crippen LogP contribution < -0.4 is 5.32 Å². The largest absolute Gasteiger partial charge is 0.348 e. The third-order valence-electron chi connectivity index (χ3n) is 5.99. The van der Waals surface area contributed by atoms with Crippen LogP contribution in [-0.4, -0.2) is 38.7 Å². The maximum Gasteiger partial charge on any atom is 0.261 e. The molecule has 0 fully saturated rings. The normalized spacial score (nSPS) is 13.0. The topological polar surface area (TPSA) is 84.3 Å². The predicted octanol–water partition coefficient (Wildman–Crippen LogP) is 5.29. The molecule has 1 N–H and O–H groups in total. The Morgan fingerprint density at radius 2 is 1.76 bits per heavy atom. The van der Waals surface area contributed by atoms with Crippen LogP contribution in [0.2, 0.25) is 0 Å². The van der Waals surface area contributed by atoms with Gasteiger partial charge in [0.15, 0.2) is 5.13 Å². The van der Waals surface area contributed by atoms with Crippen LogP contribution in [0.1, 0.15) is 75.6 Å². The molecule has 0 radical (unpaired) electrons. The number of nitrogens with one attached hydrogen (secondary N) is 1. The van der Waals surface area contributed by atoms with Crippen LogP contribution in [0.4, 0.5) is 5.13 Å². The van der Waals surface area contributed by atoms with Crippen LogP contribution in [0.15, 0.2) is 29.6 Å². The third kappa shape index (κ3) is 4.23. The number of fused-ring (bicyclic) bond motifs is 1. The molecule has 0 saturated carbocycles. The Morgan fingerprint density at radius 1 is 1.00 bits per heavy atom. The summed E-state index contributed by atoms with van der Waals surface area (Å²) in [5.41, 5.74) is 5.20. The third-order valence-corrected chi connectivity index (χ3v) is 6.75. The summed E-state index contributed by atoms with van der Waals surface area (Å²) >= 11 is 1.36. The molecule has 3 amide bonds. The second-order valence-corrected chi connectivity index (χ2v) is 9.16. The fourth-order valence-electron chi connectivity index (χ4n) is 4.20. The van der Waals surface area contributed by atoms with Crippen molar-refractivity contribution < 1.29 is 14.4 Å². The number of anilines is 1. The first-order chi connectivity index (χ1) is 15.8. The molecule has 1 aromatic carbocycles. The lowest BCUT2D eigenvalue weighted by Gasteiger charge is -2.12. The zero-order valence-electron chi connectivity index (χ0n) is 19.4. The Hall–Kier alpha value is -3.26. The minimum atomic E-state index is -0.359. The van der Waals surface area contributed by atoms with Crippen molar-refractivity contribution in [2.24, 2.45) is 0 Å². The molecular formula is C25H28N4O3S. The van der Waals surface area contributed by atoms with Crippen molar-refractivity contribution in [3.63, 3.8) is 0 Å². The lowest BCUT2D eigenvalue weighted by Crippen LogP contribution is -2.30. The molecule has 1 aliphatic rings. The second-order valence-electron chi connectivity index (χ2n) is 8.30. The molecule has 0 spiro atoms. The monoisotopic (exact) mass is 464 g/mol. The number of hydrogen-bond acceptors (Lipinski definition) is 5. The number of benzene rings is 1. The van der Waals surface area contributed by atoms with Gasteiger partial charge in [-0.15, -0.1) is 11.3 Å². The van der Waals surface area contributed by atoms with E-state index in [0.29, 0.717) is 22.8 Å². The van der Waals surface area contributed by atoms with Crippen molar-refractivity contribution in [3.05, 3.63) is 57.7 Å². The van der Waals surface area contributed by atoms with Crippen LogP contribution >= 0.6 is 11.3 Å². The van der Waals surface area contributed by atoms with Gasteiger partial charge in [0.25, 0.3) is 17.7 Å². The number of amides is 3. The molecule has 172 valence electrons. The van der Waals surface area contributed by atoms with E-state index in [0.717, 1.165) is 42.8 Å². The second kappa shape index (κ2) is 9.31. The molecule has 8 heteroatoms. The zero-order valence-corrected chi connectivity index (χ0v) is 20.2. The van der Waals surface area contributed by atoms with E-state index in [1.54, 1.807) is 12.1 Å². The van der Waals surface area contributed by atoms with E-state index in [2.05, 4.69) is 41.7 Å². The minimum absolute atomic E-state index is 0.284. The molecule has 0 bridgehead atoms. The van der Waals surface area contributed by atoms with Crippen LogP contribution in [-0.2, 0) is 6.54 Å². The van der Waals surface area contributed by atoms with Crippen LogP contribution in [0.5, 0.6) is 0 Å². The van der Waals surface area contributed by atoms with Crippen LogP contribution in [0.25, 0.3) is 11.3 Å². The highest BCUT2D eigenvalue weighted by Crippen LogP contribution is 2.31. The number of thiazole rings is 1. The summed E-state index contributed by atoms with van der Waals surface area (Å²) < 4.78 is 2.28. The fourth-order valence-corrected chi connectivity index (χ4v) is 4.91. The minimum Gasteiger partial charge on any atom is -0.348 e. The number of hydrogen-bond donors (Lipinski definition) is 1. The van der Waals surface area contributed by atoms with E-state index in [-0.39, 0.29) is 23.3 Å². The first-order valence-corrected chi connectivity index (χ1v) is 12.2. The highest BCUT2D eigenvalue weighted by Gasteiger charge is 2.35. The number of aryl methyl sites for hydroxylation is 1. The number of carbonyl (C=O) groups is 3. The van der Waals surface area contributed by atoms with Crippen molar-refractivity contribution in [2.45, 2.75) is 53.5 Å². The lowest BCUT2D eigenvalue weighted by atomic mass is 10.1. The van der Waals surface area contributed by atoms with Gasteiger partial charge in [-0.2, -0.15) is 0 Å². The summed E-state index contributed by atoms with van der Waals surface area (Å²) in [5, 5.41) is 5.25. The van der Waals surface area contributed by atoms with Gasteiger partial charge >= 0.3 is 0 Å². The Labute approximate surface area is 197 Å². The number of carbonyl (C=O) groups excluding carboxylic acids is 3. The molecule has 1 aliphatic heterocycles.